The summed E-state index contributed by atoms with van der Waals surface area (Å²) >= 11 is 0. The highest BCUT2D eigenvalue weighted by molar-refractivity contribution is 5.73. The first-order valence-corrected chi connectivity index (χ1v) is 6.48. The van der Waals surface area contributed by atoms with E-state index >= 15 is 0 Å². The molecule has 1 aliphatic rings. The van der Waals surface area contributed by atoms with Gasteiger partial charge >= 0.3 is 0 Å². The van der Waals surface area contributed by atoms with Crippen LogP contribution in [0.15, 0.2) is 18.2 Å². The average molecular weight is 234 g/mol. The van der Waals surface area contributed by atoms with Crippen molar-refractivity contribution >= 4 is 11.4 Å². The standard InChI is InChI=1S/C14H22N2O/c1-3-7-17-13-6-4-5-12(14(13)15)16-11-8-10(2)9-11/h4-6,10-11,16H,3,7-9,15H2,1-2H3. The van der Waals surface area contributed by atoms with Crippen LogP contribution in [0.25, 0.3) is 0 Å². The van der Waals surface area contributed by atoms with Gasteiger partial charge in [0, 0.05) is 6.04 Å². The van der Waals surface area contributed by atoms with Crippen LogP contribution >= 0.6 is 0 Å². The molecule has 0 bridgehead atoms. The van der Waals surface area contributed by atoms with Crippen LogP contribution in [-0.4, -0.2) is 12.6 Å². The van der Waals surface area contributed by atoms with E-state index < -0.39 is 0 Å². The van der Waals surface area contributed by atoms with Gasteiger partial charge in [0.1, 0.15) is 5.75 Å². The number of nitrogens with two attached hydrogens (primary N) is 1. The van der Waals surface area contributed by atoms with Gasteiger partial charge in [-0.1, -0.05) is 19.9 Å². The summed E-state index contributed by atoms with van der Waals surface area (Å²) in [4.78, 5) is 0. The van der Waals surface area contributed by atoms with Gasteiger partial charge in [-0.25, -0.2) is 0 Å². The van der Waals surface area contributed by atoms with Crippen LogP contribution in [0.3, 0.4) is 0 Å². The highest BCUT2D eigenvalue weighted by Crippen LogP contribution is 2.34. The predicted octanol–water partition coefficient (Wildman–Crippen LogP) is 3.27. The molecule has 3 N–H and O–H groups in total. The quantitative estimate of drug-likeness (QED) is 0.769. The summed E-state index contributed by atoms with van der Waals surface area (Å²) in [6.07, 6.45) is 3.47. The Morgan fingerprint density at radius 2 is 2.18 bits per heavy atom. The van der Waals surface area contributed by atoms with E-state index in [9.17, 15) is 0 Å². The van der Waals surface area contributed by atoms with E-state index in [4.69, 9.17) is 10.5 Å². The van der Waals surface area contributed by atoms with Crippen molar-refractivity contribution in [3.63, 3.8) is 0 Å². The lowest BCUT2D eigenvalue weighted by Crippen LogP contribution is -2.34. The second-order valence-electron chi connectivity index (χ2n) is 4.98. The number of hydrogen-bond donors (Lipinski definition) is 2. The summed E-state index contributed by atoms with van der Waals surface area (Å²) < 4.78 is 5.62. The molecule has 1 aliphatic carbocycles. The van der Waals surface area contributed by atoms with Gasteiger partial charge in [-0.2, -0.15) is 0 Å². The number of benzene rings is 1. The number of ether oxygens (including phenoxy) is 1. The molecule has 94 valence electrons. The topological polar surface area (TPSA) is 47.3 Å². The smallest absolute Gasteiger partial charge is 0.144 e. The number of anilines is 2. The average Bonchev–Trinajstić information content (AvgIpc) is 2.28. The van der Waals surface area contributed by atoms with Crippen molar-refractivity contribution in [1.82, 2.24) is 0 Å². The lowest BCUT2D eigenvalue weighted by atomic mass is 9.82. The summed E-state index contributed by atoms with van der Waals surface area (Å²) in [7, 11) is 0. The fraction of sp³-hybridized carbons (Fsp3) is 0.571. The second kappa shape index (κ2) is 5.30. The van der Waals surface area contributed by atoms with Crippen molar-refractivity contribution in [2.24, 2.45) is 5.92 Å². The van der Waals surface area contributed by atoms with E-state index in [1.807, 2.05) is 18.2 Å². The van der Waals surface area contributed by atoms with Crippen LogP contribution in [0.5, 0.6) is 5.75 Å². The molecule has 0 saturated heterocycles. The summed E-state index contributed by atoms with van der Waals surface area (Å²) in [6, 6.07) is 6.52. The summed E-state index contributed by atoms with van der Waals surface area (Å²) in [5.74, 6) is 1.64. The van der Waals surface area contributed by atoms with Crippen molar-refractivity contribution < 1.29 is 4.74 Å². The number of para-hydroxylation sites is 1. The summed E-state index contributed by atoms with van der Waals surface area (Å²) in [5.41, 5.74) is 7.84. The van der Waals surface area contributed by atoms with Gasteiger partial charge in [-0.15, -0.1) is 0 Å². The summed E-state index contributed by atoms with van der Waals surface area (Å²) in [6.45, 7) is 5.09. The monoisotopic (exact) mass is 234 g/mol. The Bertz CT molecular complexity index is 372. The minimum Gasteiger partial charge on any atom is -0.491 e. The van der Waals surface area contributed by atoms with Crippen molar-refractivity contribution in [2.75, 3.05) is 17.7 Å². The minimum absolute atomic E-state index is 0.578. The zero-order valence-corrected chi connectivity index (χ0v) is 10.7. The predicted molar refractivity (Wildman–Crippen MR) is 72.4 cm³/mol. The van der Waals surface area contributed by atoms with Gasteiger partial charge in [0.15, 0.2) is 0 Å². The first-order valence-electron chi connectivity index (χ1n) is 6.48. The Kier molecular flexibility index (Phi) is 3.77. The van der Waals surface area contributed by atoms with Crippen LogP contribution < -0.4 is 15.8 Å². The third-order valence-electron chi connectivity index (χ3n) is 3.26. The molecular weight excluding hydrogens is 212 g/mol. The van der Waals surface area contributed by atoms with Gasteiger partial charge in [-0.3, -0.25) is 0 Å². The Hall–Kier alpha value is -1.38. The summed E-state index contributed by atoms with van der Waals surface area (Å²) in [5, 5.41) is 3.49. The molecule has 1 aromatic rings. The molecule has 1 aromatic carbocycles. The van der Waals surface area contributed by atoms with E-state index in [0.29, 0.717) is 12.6 Å². The zero-order valence-electron chi connectivity index (χ0n) is 10.7. The third-order valence-corrected chi connectivity index (χ3v) is 3.26. The van der Waals surface area contributed by atoms with Gasteiger partial charge in [0.05, 0.1) is 18.0 Å². The molecule has 0 atom stereocenters. The number of hydrogen-bond acceptors (Lipinski definition) is 3. The Balaban J connectivity index is 2.01. The zero-order chi connectivity index (χ0) is 12.3. The molecule has 0 unspecified atom stereocenters. The molecular formula is C14H22N2O. The molecule has 0 radical (unpaired) electrons. The molecule has 0 amide bonds. The largest absolute Gasteiger partial charge is 0.491 e. The minimum atomic E-state index is 0.578. The number of nitrogens with one attached hydrogen (secondary N) is 1. The molecule has 17 heavy (non-hydrogen) atoms. The SMILES string of the molecule is CCCOc1cccc(NC2CC(C)C2)c1N. The molecule has 2 rings (SSSR count). The Labute approximate surface area is 103 Å². The molecule has 3 nitrogen and oxygen atoms in total. The van der Waals surface area contributed by atoms with E-state index in [2.05, 4.69) is 19.2 Å². The maximum Gasteiger partial charge on any atom is 0.144 e. The van der Waals surface area contributed by atoms with Crippen molar-refractivity contribution in [2.45, 2.75) is 39.2 Å². The van der Waals surface area contributed by atoms with Crippen molar-refractivity contribution in [1.29, 1.82) is 0 Å². The fourth-order valence-electron chi connectivity index (χ4n) is 2.25. The van der Waals surface area contributed by atoms with Crippen LogP contribution in [0.1, 0.15) is 33.1 Å². The maximum absolute atomic E-state index is 6.10. The van der Waals surface area contributed by atoms with Crippen molar-refractivity contribution in [3.05, 3.63) is 18.2 Å². The maximum atomic E-state index is 6.10. The number of rotatable bonds is 5. The molecule has 1 saturated carbocycles. The normalized spacial score (nSPS) is 22.9. The Morgan fingerprint density at radius 1 is 1.41 bits per heavy atom. The highest BCUT2D eigenvalue weighted by Gasteiger charge is 2.25. The lowest BCUT2D eigenvalue weighted by molar-refractivity contribution is 0.308. The van der Waals surface area contributed by atoms with E-state index in [1.54, 1.807) is 0 Å². The van der Waals surface area contributed by atoms with E-state index in [1.165, 1.54) is 12.8 Å². The molecule has 0 aliphatic heterocycles. The third kappa shape index (κ3) is 2.84. The lowest BCUT2D eigenvalue weighted by Gasteiger charge is -2.34. The molecule has 3 heteroatoms. The van der Waals surface area contributed by atoms with E-state index in [-0.39, 0.29) is 0 Å². The van der Waals surface area contributed by atoms with Gasteiger partial charge < -0.3 is 15.8 Å². The first kappa shape index (κ1) is 12.1. The van der Waals surface area contributed by atoms with Gasteiger partial charge in [0.25, 0.3) is 0 Å². The van der Waals surface area contributed by atoms with Crippen LogP contribution in [-0.2, 0) is 0 Å². The van der Waals surface area contributed by atoms with Crippen LogP contribution in [0.4, 0.5) is 11.4 Å². The first-order chi connectivity index (χ1) is 8.20. The van der Waals surface area contributed by atoms with Gasteiger partial charge in [0.2, 0.25) is 0 Å². The second-order valence-corrected chi connectivity index (χ2v) is 4.98. The van der Waals surface area contributed by atoms with E-state index in [0.717, 1.165) is 29.5 Å². The Morgan fingerprint density at radius 3 is 2.82 bits per heavy atom. The van der Waals surface area contributed by atoms with Crippen molar-refractivity contribution in [3.8, 4) is 5.75 Å². The fourth-order valence-corrected chi connectivity index (χ4v) is 2.25. The van der Waals surface area contributed by atoms with Crippen LogP contribution in [0.2, 0.25) is 0 Å². The van der Waals surface area contributed by atoms with Crippen LogP contribution in [0, 0.1) is 5.92 Å². The molecule has 0 heterocycles. The number of nitrogen functional groups attached to an aromatic ring is 1. The molecule has 0 aromatic heterocycles. The molecule has 1 fully saturated rings. The molecule has 0 spiro atoms. The van der Waals surface area contributed by atoms with Gasteiger partial charge in [-0.05, 0) is 37.3 Å². The highest BCUT2D eigenvalue weighted by atomic mass is 16.5.